The number of amides is 2. The Bertz CT molecular complexity index is 1430. The molecule has 0 saturated heterocycles. The van der Waals surface area contributed by atoms with Crippen molar-refractivity contribution in [2.24, 2.45) is 0 Å². The molecule has 3 aromatic carbocycles. The molecule has 214 valence electrons. The molecule has 0 aliphatic rings. The summed E-state index contributed by atoms with van der Waals surface area (Å²) >= 11 is 12.4. The number of carbonyl (C=O) groups excluding carboxylic acids is 2. The predicted molar refractivity (Wildman–Crippen MR) is 158 cm³/mol. The van der Waals surface area contributed by atoms with Crippen molar-refractivity contribution in [2.45, 2.75) is 51.2 Å². The van der Waals surface area contributed by atoms with Crippen LogP contribution in [0.2, 0.25) is 10.0 Å². The Morgan fingerprint density at radius 3 is 2.02 bits per heavy atom. The topological polar surface area (TPSA) is 96.0 Å². The van der Waals surface area contributed by atoms with E-state index in [-0.39, 0.29) is 39.1 Å². The van der Waals surface area contributed by atoms with Crippen LogP contribution in [-0.4, -0.2) is 50.9 Å². The van der Waals surface area contributed by atoms with Crippen LogP contribution in [0.4, 0.5) is 5.69 Å². The fraction of sp³-hybridized carbons (Fsp3) is 0.310. The number of nitrogens with one attached hydrogen (secondary N) is 1. The van der Waals surface area contributed by atoms with Crippen molar-refractivity contribution in [3.05, 3.63) is 87.9 Å². The van der Waals surface area contributed by atoms with Crippen molar-refractivity contribution in [1.82, 2.24) is 10.2 Å². The van der Waals surface area contributed by atoms with Gasteiger partial charge in [0.1, 0.15) is 18.3 Å². The SMILES string of the molecule is COc1ccc(CN(C(=O)CN(c2cc(Cl)cc(Cl)c2)S(=O)(=O)c2ccc(C)cc2)[C@@H](C)C(=O)NC(C)C)cc1. The molecule has 0 spiro atoms. The minimum Gasteiger partial charge on any atom is -0.497 e. The molecule has 1 N–H and O–H groups in total. The zero-order chi connectivity index (χ0) is 29.6. The van der Waals surface area contributed by atoms with E-state index in [1.54, 1.807) is 50.4 Å². The fourth-order valence-corrected chi connectivity index (χ4v) is 5.88. The average molecular weight is 607 g/mol. The van der Waals surface area contributed by atoms with Gasteiger partial charge in [-0.2, -0.15) is 0 Å². The largest absolute Gasteiger partial charge is 0.497 e. The third kappa shape index (κ3) is 7.90. The Labute approximate surface area is 245 Å². The van der Waals surface area contributed by atoms with E-state index >= 15 is 0 Å². The summed E-state index contributed by atoms with van der Waals surface area (Å²) in [7, 11) is -2.68. The number of nitrogens with zero attached hydrogens (tertiary/aromatic N) is 2. The Kier molecular flexibility index (Phi) is 10.5. The highest BCUT2D eigenvalue weighted by molar-refractivity contribution is 7.92. The van der Waals surface area contributed by atoms with Gasteiger partial charge in [-0.1, -0.05) is 53.0 Å². The summed E-state index contributed by atoms with van der Waals surface area (Å²) in [5, 5.41) is 3.24. The molecule has 2 amide bonds. The van der Waals surface area contributed by atoms with Crippen LogP contribution in [0.3, 0.4) is 0 Å². The number of methoxy groups -OCH3 is 1. The van der Waals surface area contributed by atoms with Crippen molar-refractivity contribution >= 4 is 50.7 Å². The minimum atomic E-state index is -4.23. The summed E-state index contributed by atoms with van der Waals surface area (Å²) in [5.74, 6) is -0.315. The molecule has 0 bridgehead atoms. The van der Waals surface area contributed by atoms with Crippen LogP contribution in [0.5, 0.6) is 5.75 Å². The van der Waals surface area contributed by atoms with E-state index in [1.807, 2.05) is 20.8 Å². The summed E-state index contributed by atoms with van der Waals surface area (Å²) in [6.45, 7) is 6.55. The Morgan fingerprint density at radius 1 is 0.925 bits per heavy atom. The first kappa shape index (κ1) is 31.3. The number of aryl methyl sites for hydroxylation is 1. The van der Waals surface area contributed by atoms with Gasteiger partial charge in [-0.15, -0.1) is 0 Å². The zero-order valence-electron chi connectivity index (χ0n) is 23.0. The Balaban J connectivity index is 2.05. The smallest absolute Gasteiger partial charge is 0.264 e. The molecule has 40 heavy (non-hydrogen) atoms. The average Bonchev–Trinajstić information content (AvgIpc) is 2.89. The lowest BCUT2D eigenvalue weighted by Gasteiger charge is -2.32. The number of rotatable bonds is 11. The summed E-state index contributed by atoms with van der Waals surface area (Å²) in [6, 6.07) is 16.6. The lowest BCUT2D eigenvalue weighted by molar-refractivity contribution is -0.139. The van der Waals surface area contributed by atoms with Crippen molar-refractivity contribution in [3.63, 3.8) is 0 Å². The number of benzene rings is 3. The summed E-state index contributed by atoms with van der Waals surface area (Å²) in [5.41, 5.74) is 1.73. The van der Waals surface area contributed by atoms with E-state index in [0.717, 1.165) is 15.4 Å². The van der Waals surface area contributed by atoms with Gasteiger partial charge in [-0.05, 0) is 75.7 Å². The van der Waals surface area contributed by atoms with Crippen molar-refractivity contribution in [1.29, 1.82) is 0 Å². The zero-order valence-corrected chi connectivity index (χ0v) is 25.3. The van der Waals surface area contributed by atoms with Gasteiger partial charge in [0.05, 0.1) is 17.7 Å². The third-order valence-electron chi connectivity index (χ3n) is 6.13. The van der Waals surface area contributed by atoms with Crippen LogP contribution in [0.1, 0.15) is 31.9 Å². The molecule has 0 aliphatic carbocycles. The molecule has 0 radical (unpaired) electrons. The number of anilines is 1. The van der Waals surface area contributed by atoms with Gasteiger partial charge in [0.2, 0.25) is 11.8 Å². The Morgan fingerprint density at radius 2 is 1.50 bits per heavy atom. The van der Waals surface area contributed by atoms with E-state index < -0.39 is 28.5 Å². The van der Waals surface area contributed by atoms with Crippen molar-refractivity contribution in [2.75, 3.05) is 18.0 Å². The Hall–Kier alpha value is -3.27. The van der Waals surface area contributed by atoms with Gasteiger partial charge in [-0.3, -0.25) is 13.9 Å². The van der Waals surface area contributed by atoms with Crippen LogP contribution in [-0.2, 0) is 26.2 Å². The second kappa shape index (κ2) is 13.4. The van der Waals surface area contributed by atoms with Crippen LogP contribution in [0.15, 0.2) is 71.6 Å². The first-order valence-electron chi connectivity index (χ1n) is 12.6. The van der Waals surface area contributed by atoms with E-state index in [0.29, 0.717) is 5.75 Å². The van der Waals surface area contributed by atoms with Gasteiger partial charge in [-0.25, -0.2) is 8.42 Å². The molecule has 11 heteroatoms. The third-order valence-corrected chi connectivity index (χ3v) is 8.36. The van der Waals surface area contributed by atoms with Crippen LogP contribution in [0, 0.1) is 6.92 Å². The van der Waals surface area contributed by atoms with Crippen molar-refractivity contribution in [3.8, 4) is 5.75 Å². The maximum Gasteiger partial charge on any atom is 0.264 e. The maximum atomic E-state index is 13.9. The molecule has 1 atom stereocenters. The highest BCUT2D eigenvalue weighted by Crippen LogP contribution is 2.30. The molecule has 8 nitrogen and oxygen atoms in total. The van der Waals surface area contributed by atoms with E-state index in [1.165, 1.54) is 35.2 Å². The molecule has 0 aliphatic heterocycles. The number of carbonyl (C=O) groups is 2. The monoisotopic (exact) mass is 605 g/mol. The molecule has 0 saturated carbocycles. The lowest BCUT2D eigenvalue weighted by Crippen LogP contribution is -2.52. The first-order valence-corrected chi connectivity index (χ1v) is 14.8. The quantitative estimate of drug-likeness (QED) is 0.313. The lowest BCUT2D eigenvalue weighted by atomic mass is 10.1. The van der Waals surface area contributed by atoms with Crippen LogP contribution < -0.4 is 14.4 Å². The van der Waals surface area contributed by atoms with E-state index in [9.17, 15) is 18.0 Å². The fourth-order valence-electron chi connectivity index (χ4n) is 3.96. The van der Waals surface area contributed by atoms with E-state index in [2.05, 4.69) is 5.32 Å². The number of halogens is 2. The summed E-state index contributed by atoms with van der Waals surface area (Å²) < 4.78 is 33.9. The second-order valence-electron chi connectivity index (χ2n) is 9.66. The highest BCUT2D eigenvalue weighted by atomic mass is 35.5. The molecular weight excluding hydrogens is 573 g/mol. The summed E-state index contributed by atoms with van der Waals surface area (Å²) in [4.78, 5) is 28.3. The first-order chi connectivity index (χ1) is 18.8. The van der Waals surface area contributed by atoms with Gasteiger partial charge in [0.15, 0.2) is 0 Å². The van der Waals surface area contributed by atoms with Crippen LogP contribution in [0.25, 0.3) is 0 Å². The molecule has 3 aromatic rings. The second-order valence-corrected chi connectivity index (χ2v) is 12.4. The standard InChI is InChI=1S/C29H33Cl2N3O5S/c1-19(2)32-29(36)21(4)33(17-22-8-10-26(39-5)11-9-22)28(35)18-34(25-15-23(30)14-24(31)16-25)40(37,38)27-12-6-20(3)7-13-27/h6-16,19,21H,17-18H2,1-5H3,(H,32,36)/t21-/m0/s1. The van der Waals surface area contributed by atoms with Gasteiger partial charge in [0.25, 0.3) is 10.0 Å². The van der Waals surface area contributed by atoms with E-state index in [4.69, 9.17) is 27.9 Å². The molecule has 0 aromatic heterocycles. The number of ether oxygens (including phenoxy) is 1. The molecule has 0 unspecified atom stereocenters. The number of hydrogen-bond acceptors (Lipinski definition) is 5. The molecule has 0 heterocycles. The minimum absolute atomic E-state index is 0.00528. The number of hydrogen-bond donors (Lipinski definition) is 1. The highest BCUT2D eigenvalue weighted by Gasteiger charge is 2.33. The molecule has 0 fully saturated rings. The number of sulfonamides is 1. The summed E-state index contributed by atoms with van der Waals surface area (Å²) in [6.07, 6.45) is 0. The molecule has 3 rings (SSSR count). The van der Waals surface area contributed by atoms with Gasteiger partial charge >= 0.3 is 0 Å². The van der Waals surface area contributed by atoms with Crippen molar-refractivity contribution < 1.29 is 22.7 Å². The normalized spacial score (nSPS) is 12.1. The van der Waals surface area contributed by atoms with Gasteiger partial charge in [0, 0.05) is 22.6 Å². The maximum absolute atomic E-state index is 13.9. The van der Waals surface area contributed by atoms with Crippen LogP contribution >= 0.6 is 23.2 Å². The predicted octanol–water partition coefficient (Wildman–Crippen LogP) is 5.45. The van der Waals surface area contributed by atoms with Gasteiger partial charge < -0.3 is 15.0 Å². The molecular formula is C29H33Cl2N3O5S.